The number of aliphatic hydroxyl groups is 1. The van der Waals surface area contributed by atoms with Crippen LogP contribution in [0.5, 0.6) is 0 Å². The van der Waals surface area contributed by atoms with Crippen molar-refractivity contribution in [2.24, 2.45) is 0 Å². The topological polar surface area (TPSA) is 23.5 Å². The molecule has 0 amide bonds. The van der Waals surface area contributed by atoms with Crippen LogP contribution in [0.15, 0.2) is 30.3 Å². The summed E-state index contributed by atoms with van der Waals surface area (Å²) >= 11 is 0. The lowest BCUT2D eigenvalue weighted by Crippen LogP contribution is -2.21. The van der Waals surface area contributed by atoms with Gasteiger partial charge in [-0.25, -0.2) is 0 Å². The summed E-state index contributed by atoms with van der Waals surface area (Å²) in [5.74, 6) is 0. The maximum Gasteiger partial charge on any atom is 0.0365 e. The van der Waals surface area contributed by atoms with Gasteiger partial charge in [0.05, 0.1) is 0 Å². The number of hydrogen-bond acceptors (Lipinski definition) is 2. The van der Waals surface area contributed by atoms with E-state index in [0.717, 1.165) is 20.2 Å². The molecule has 13 heavy (non-hydrogen) atoms. The molecular weight excluding hydrogens is 162 g/mol. The molecule has 0 radical (unpaired) electrons. The van der Waals surface area contributed by atoms with Crippen LogP contribution >= 0.6 is 0 Å². The second-order valence-electron chi connectivity index (χ2n) is 2.51. The van der Waals surface area contributed by atoms with E-state index in [2.05, 4.69) is 43.0 Å². The Morgan fingerprint density at radius 2 is 1.46 bits per heavy atom. The molecule has 0 spiro atoms. The Hall–Kier alpha value is -1.02. The molecule has 2 nitrogen and oxygen atoms in total. The van der Waals surface area contributed by atoms with Gasteiger partial charge in [0.1, 0.15) is 0 Å². The molecule has 1 aromatic rings. The van der Waals surface area contributed by atoms with E-state index >= 15 is 0 Å². The van der Waals surface area contributed by atoms with E-state index in [4.69, 9.17) is 5.11 Å². The van der Waals surface area contributed by atoms with Gasteiger partial charge in [0.25, 0.3) is 0 Å². The molecule has 0 aliphatic rings. The number of hydrogen-bond donors (Lipinski definition) is 1. The minimum absolute atomic E-state index is 1.00. The van der Waals surface area contributed by atoms with Crippen molar-refractivity contribution in [1.29, 1.82) is 0 Å². The smallest absolute Gasteiger partial charge is 0.0365 e. The first kappa shape index (κ1) is 12.0. The standard InChI is InChI=1S/C10H15N.CH4O/c1-3-11(4-2)10-8-6-5-7-9-10;1-2/h5-9H,3-4H2,1-2H3;2H,1H3. The van der Waals surface area contributed by atoms with Gasteiger partial charge in [-0.1, -0.05) is 18.2 Å². The lowest BCUT2D eigenvalue weighted by Gasteiger charge is -2.20. The van der Waals surface area contributed by atoms with Crippen molar-refractivity contribution in [3.63, 3.8) is 0 Å². The molecule has 0 fully saturated rings. The first-order valence-electron chi connectivity index (χ1n) is 4.63. The van der Waals surface area contributed by atoms with Gasteiger partial charge in [-0.05, 0) is 26.0 Å². The predicted octanol–water partition coefficient (Wildman–Crippen LogP) is 2.14. The summed E-state index contributed by atoms with van der Waals surface area (Å²) in [4.78, 5) is 2.33. The van der Waals surface area contributed by atoms with Crippen molar-refractivity contribution in [2.75, 3.05) is 25.1 Å². The number of aliphatic hydroxyl groups excluding tert-OH is 1. The highest BCUT2D eigenvalue weighted by Crippen LogP contribution is 2.11. The van der Waals surface area contributed by atoms with Crippen molar-refractivity contribution < 1.29 is 5.11 Å². The summed E-state index contributed by atoms with van der Waals surface area (Å²) in [6.07, 6.45) is 0. The van der Waals surface area contributed by atoms with Gasteiger partial charge in [0.15, 0.2) is 0 Å². The molecule has 0 aromatic heterocycles. The highest BCUT2D eigenvalue weighted by Gasteiger charge is 1.97. The summed E-state index contributed by atoms with van der Waals surface area (Å²) in [5, 5.41) is 7.00. The van der Waals surface area contributed by atoms with Crippen LogP contribution < -0.4 is 4.90 Å². The van der Waals surface area contributed by atoms with Gasteiger partial charge in [-0.15, -0.1) is 0 Å². The fourth-order valence-electron chi connectivity index (χ4n) is 1.23. The molecule has 0 bridgehead atoms. The number of benzene rings is 1. The summed E-state index contributed by atoms with van der Waals surface area (Å²) in [6, 6.07) is 10.5. The summed E-state index contributed by atoms with van der Waals surface area (Å²) in [5.41, 5.74) is 1.32. The van der Waals surface area contributed by atoms with Gasteiger partial charge in [0.2, 0.25) is 0 Å². The van der Waals surface area contributed by atoms with Gasteiger partial charge >= 0.3 is 0 Å². The Balaban J connectivity index is 0.000000671. The Morgan fingerprint density at radius 3 is 1.85 bits per heavy atom. The minimum Gasteiger partial charge on any atom is -0.400 e. The molecule has 2 heteroatoms. The van der Waals surface area contributed by atoms with Crippen LogP contribution in [0, 0.1) is 0 Å². The molecule has 0 aliphatic carbocycles. The highest BCUT2D eigenvalue weighted by atomic mass is 16.2. The molecule has 1 rings (SSSR count). The zero-order valence-electron chi connectivity index (χ0n) is 8.70. The summed E-state index contributed by atoms with van der Waals surface area (Å²) in [7, 11) is 1.00. The van der Waals surface area contributed by atoms with Crippen LogP contribution in [0.3, 0.4) is 0 Å². The molecule has 0 atom stereocenters. The predicted molar refractivity (Wildman–Crippen MR) is 58.1 cm³/mol. The molecular formula is C11H19NO. The molecule has 1 N–H and O–H groups in total. The maximum absolute atomic E-state index is 7.00. The van der Waals surface area contributed by atoms with Crippen molar-refractivity contribution in [3.8, 4) is 0 Å². The highest BCUT2D eigenvalue weighted by molar-refractivity contribution is 5.45. The first-order chi connectivity index (χ1) is 6.38. The molecule has 0 aliphatic heterocycles. The van der Waals surface area contributed by atoms with Crippen molar-refractivity contribution in [2.45, 2.75) is 13.8 Å². The van der Waals surface area contributed by atoms with Crippen molar-refractivity contribution >= 4 is 5.69 Å². The SMILES string of the molecule is CCN(CC)c1ccccc1.CO. The second-order valence-corrected chi connectivity index (χ2v) is 2.51. The van der Waals surface area contributed by atoms with E-state index in [1.807, 2.05) is 6.07 Å². The van der Waals surface area contributed by atoms with E-state index in [9.17, 15) is 0 Å². The zero-order valence-corrected chi connectivity index (χ0v) is 8.70. The normalized spacial score (nSPS) is 8.62. The lowest BCUT2D eigenvalue weighted by atomic mass is 10.3. The molecule has 0 saturated carbocycles. The van der Waals surface area contributed by atoms with Crippen LogP contribution in [0.2, 0.25) is 0 Å². The molecule has 0 saturated heterocycles. The fraction of sp³-hybridized carbons (Fsp3) is 0.455. The van der Waals surface area contributed by atoms with E-state index in [-0.39, 0.29) is 0 Å². The number of para-hydroxylation sites is 1. The Bertz CT molecular complexity index is 195. The first-order valence-corrected chi connectivity index (χ1v) is 4.63. The number of nitrogens with zero attached hydrogens (tertiary/aromatic N) is 1. The third kappa shape index (κ3) is 3.95. The van der Waals surface area contributed by atoms with Gasteiger partial charge in [0, 0.05) is 25.9 Å². The molecule has 0 unspecified atom stereocenters. The van der Waals surface area contributed by atoms with E-state index < -0.39 is 0 Å². The third-order valence-electron chi connectivity index (χ3n) is 1.88. The largest absolute Gasteiger partial charge is 0.400 e. The van der Waals surface area contributed by atoms with Gasteiger partial charge in [-0.3, -0.25) is 0 Å². The van der Waals surface area contributed by atoms with Gasteiger partial charge in [-0.2, -0.15) is 0 Å². The molecule has 74 valence electrons. The summed E-state index contributed by atoms with van der Waals surface area (Å²) in [6.45, 7) is 6.52. The minimum atomic E-state index is 1.00. The number of anilines is 1. The fourth-order valence-corrected chi connectivity index (χ4v) is 1.23. The second kappa shape index (κ2) is 7.62. The van der Waals surface area contributed by atoms with Crippen molar-refractivity contribution in [3.05, 3.63) is 30.3 Å². The number of rotatable bonds is 3. The Labute approximate surface area is 80.8 Å². The van der Waals surface area contributed by atoms with E-state index in [0.29, 0.717) is 0 Å². The van der Waals surface area contributed by atoms with Gasteiger partial charge < -0.3 is 10.0 Å². The average Bonchev–Trinajstić information content (AvgIpc) is 2.24. The maximum atomic E-state index is 7.00. The van der Waals surface area contributed by atoms with Crippen LogP contribution in [-0.2, 0) is 0 Å². The van der Waals surface area contributed by atoms with Crippen LogP contribution in [0.25, 0.3) is 0 Å². The van der Waals surface area contributed by atoms with Crippen LogP contribution in [-0.4, -0.2) is 25.3 Å². The Morgan fingerprint density at radius 1 is 1.00 bits per heavy atom. The van der Waals surface area contributed by atoms with E-state index in [1.54, 1.807) is 0 Å². The Kier molecular flexibility index (Phi) is 7.02. The molecule has 0 heterocycles. The monoisotopic (exact) mass is 181 g/mol. The average molecular weight is 181 g/mol. The third-order valence-corrected chi connectivity index (χ3v) is 1.88. The van der Waals surface area contributed by atoms with Crippen molar-refractivity contribution in [1.82, 2.24) is 0 Å². The van der Waals surface area contributed by atoms with Crippen LogP contribution in [0.1, 0.15) is 13.8 Å². The van der Waals surface area contributed by atoms with E-state index in [1.165, 1.54) is 5.69 Å². The molecule has 1 aromatic carbocycles. The quantitative estimate of drug-likeness (QED) is 0.772. The zero-order chi connectivity index (χ0) is 10.1. The lowest BCUT2D eigenvalue weighted by molar-refractivity contribution is 0.399. The summed E-state index contributed by atoms with van der Waals surface area (Å²) < 4.78 is 0. The van der Waals surface area contributed by atoms with Crippen LogP contribution in [0.4, 0.5) is 5.69 Å².